The highest BCUT2D eigenvalue weighted by molar-refractivity contribution is 5.85. The van der Waals surface area contributed by atoms with Gasteiger partial charge in [0.2, 0.25) is 6.41 Å². The van der Waals surface area contributed by atoms with Crippen LogP contribution in [0.2, 0.25) is 0 Å². The van der Waals surface area contributed by atoms with Crippen molar-refractivity contribution in [3.8, 4) is 28.6 Å². The van der Waals surface area contributed by atoms with Crippen LogP contribution in [0.5, 0.6) is 0 Å². The van der Waals surface area contributed by atoms with Crippen molar-refractivity contribution in [2.45, 2.75) is 44.8 Å². The van der Waals surface area contributed by atoms with E-state index in [0.717, 1.165) is 54.8 Å². The second-order valence-electron chi connectivity index (χ2n) is 11.5. The van der Waals surface area contributed by atoms with Crippen LogP contribution in [-0.2, 0) is 10.4 Å². The Morgan fingerprint density at radius 3 is 2.44 bits per heavy atom. The molecule has 1 amide bonds. The van der Waals surface area contributed by atoms with Crippen LogP contribution in [0.15, 0.2) is 49.2 Å². The molecule has 0 bridgehead atoms. The van der Waals surface area contributed by atoms with Gasteiger partial charge in [-0.15, -0.1) is 0 Å². The van der Waals surface area contributed by atoms with E-state index in [9.17, 15) is 15.2 Å². The number of aliphatic hydroxyl groups is 1. The van der Waals surface area contributed by atoms with Gasteiger partial charge in [0.05, 0.1) is 46.7 Å². The number of nitrogens with zero attached hydrogens (tertiary/aromatic N) is 7. The van der Waals surface area contributed by atoms with Gasteiger partial charge in [-0.05, 0) is 57.6 Å². The van der Waals surface area contributed by atoms with Crippen molar-refractivity contribution in [3.05, 3.63) is 60.3 Å². The topological polar surface area (TPSA) is 132 Å². The first-order valence-corrected chi connectivity index (χ1v) is 13.1. The summed E-state index contributed by atoms with van der Waals surface area (Å²) in [6.07, 6.45) is 11.3. The van der Waals surface area contributed by atoms with E-state index in [4.69, 9.17) is 9.97 Å². The van der Waals surface area contributed by atoms with Gasteiger partial charge < -0.3 is 15.3 Å². The van der Waals surface area contributed by atoms with E-state index >= 15 is 0 Å². The van der Waals surface area contributed by atoms with Crippen molar-refractivity contribution < 1.29 is 9.90 Å². The fourth-order valence-corrected chi connectivity index (χ4v) is 6.18. The molecule has 1 unspecified atom stereocenters. The molecule has 2 fully saturated rings. The normalized spacial score (nSPS) is 22.6. The number of amides is 1. The minimum Gasteiger partial charge on any atom is -0.386 e. The van der Waals surface area contributed by atoms with Crippen molar-refractivity contribution in [2.24, 2.45) is 11.8 Å². The van der Waals surface area contributed by atoms with Gasteiger partial charge in [-0.2, -0.15) is 10.4 Å². The quantitative estimate of drug-likeness (QED) is 0.369. The van der Waals surface area contributed by atoms with E-state index in [-0.39, 0.29) is 5.54 Å². The molecule has 4 aromatic rings. The Bertz CT molecular complexity index is 1570. The zero-order valence-corrected chi connectivity index (χ0v) is 22.2. The predicted octanol–water partition coefficient (Wildman–Crippen LogP) is 3.30. The lowest BCUT2D eigenvalue weighted by Crippen LogP contribution is -2.40. The van der Waals surface area contributed by atoms with Gasteiger partial charge in [-0.3, -0.25) is 14.8 Å². The number of carbonyl (C=O) groups excluding carboxylic acids is 1. The molecular weight excluding hydrogens is 492 g/mol. The summed E-state index contributed by atoms with van der Waals surface area (Å²) in [7, 11) is 0. The van der Waals surface area contributed by atoms with Crippen LogP contribution in [0.4, 0.5) is 5.82 Å². The molecule has 1 saturated heterocycles. The molecule has 198 valence electrons. The summed E-state index contributed by atoms with van der Waals surface area (Å²) in [5.41, 5.74) is 3.61. The van der Waals surface area contributed by atoms with Crippen LogP contribution < -0.4 is 10.2 Å². The molecule has 39 heavy (non-hydrogen) atoms. The highest BCUT2D eigenvalue weighted by Gasteiger charge is 2.46. The lowest BCUT2D eigenvalue weighted by atomic mass is 9.98. The molecule has 0 spiro atoms. The Hall–Kier alpha value is -4.36. The minimum absolute atomic E-state index is 0.123. The van der Waals surface area contributed by atoms with Crippen LogP contribution in [-0.4, -0.2) is 54.7 Å². The van der Waals surface area contributed by atoms with Crippen molar-refractivity contribution in [1.29, 1.82) is 5.26 Å². The van der Waals surface area contributed by atoms with Gasteiger partial charge in [0.15, 0.2) is 0 Å². The fourth-order valence-electron chi connectivity index (χ4n) is 6.18. The van der Waals surface area contributed by atoms with E-state index in [1.54, 1.807) is 43.2 Å². The van der Waals surface area contributed by atoms with Gasteiger partial charge in [0.1, 0.15) is 11.9 Å². The molecule has 2 N–H and O–H groups in total. The van der Waals surface area contributed by atoms with Crippen LogP contribution in [0.1, 0.15) is 44.7 Å². The Labute approximate surface area is 226 Å². The van der Waals surface area contributed by atoms with Gasteiger partial charge in [-0.25, -0.2) is 9.50 Å². The molecular formula is C29H30N8O2. The second-order valence-corrected chi connectivity index (χ2v) is 11.5. The average molecular weight is 523 g/mol. The Morgan fingerprint density at radius 2 is 1.85 bits per heavy atom. The monoisotopic (exact) mass is 522 g/mol. The second kappa shape index (κ2) is 9.13. The number of rotatable bonds is 6. The number of anilines is 1. The SMILES string of the molecule is CC1(NC=O)C[C@H]2CN(c3cnc(-c4cc(-c5ccc(C(C)(C)O)cn5)cn5ncc(C#N)c45)cn3)C[C@H]2C1. The Kier molecular flexibility index (Phi) is 5.84. The zero-order chi connectivity index (χ0) is 27.4. The average Bonchev–Trinajstić information content (AvgIpc) is 3.59. The summed E-state index contributed by atoms with van der Waals surface area (Å²) < 4.78 is 1.68. The third kappa shape index (κ3) is 4.49. The van der Waals surface area contributed by atoms with E-state index in [2.05, 4.69) is 33.3 Å². The van der Waals surface area contributed by atoms with Crippen molar-refractivity contribution in [2.75, 3.05) is 18.0 Å². The molecule has 4 aromatic heterocycles. The first kappa shape index (κ1) is 24.9. The number of nitriles is 1. The molecule has 1 aliphatic heterocycles. The number of nitrogens with one attached hydrogen (secondary N) is 1. The predicted molar refractivity (Wildman–Crippen MR) is 145 cm³/mol. The number of hydrogen-bond donors (Lipinski definition) is 2. The Balaban J connectivity index is 1.31. The van der Waals surface area contributed by atoms with Gasteiger partial charge in [0.25, 0.3) is 0 Å². The summed E-state index contributed by atoms with van der Waals surface area (Å²) in [5, 5.41) is 27.4. The number of fused-ring (bicyclic) bond motifs is 2. The van der Waals surface area contributed by atoms with Crippen LogP contribution in [0.3, 0.4) is 0 Å². The summed E-state index contributed by atoms with van der Waals surface area (Å²) in [5.74, 6) is 1.85. The van der Waals surface area contributed by atoms with Crippen LogP contribution in [0.25, 0.3) is 28.0 Å². The number of aromatic nitrogens is 5. The molecule has 0 aromatic carbocycles. The lowest BCUT2D eigenvalue weighted by Gasteiger charge is -2.26. The minimum atomic E-state index is -0.984. The van der Waals surface area contributed by atoms with Crippen molar-refractivity contribution in [1.82, 2.24) is 29.9 Å². The smallest absolute Gasteiger partial charge is 0.207 e. The molecule has 2 aliphatic rings. The first-order chi connectivity index (χ1) is 18.7. The van der Waals surface area contributed by atoms with E-state index in [1.165, 1.54) is 0 Å². The summed E-state index contributed by atoms with van der Waals surface area (Å²) >= 11 is 0. The third-order valence-corrected chi connectivity index (χ3v) is 8.15. The fraction of sp³-hybridized carbons (Fsp3) is 0.379. The molecule has 0 radical (unpaired) electrons. The van der Waals surface area contributed by atoms with Crippen LogP contribution in [0, 0.1) is 23.2 Å². The molecule has 10 heteroatoms. The number of carbonyl (C=O) groups is 1. The van der Waals surface area contributed by atoms with E-state index in [0.29, 0.717) is 34.3 Å². The van der Waals surface area contributed by atoms with Gasteiger partial charge in [0, 0.05) is 47.7 Å². The van der Waals surface area contributed by atoms with E-state index < -0.39 is 5.60 Å². The summed E-state index contributed by atoms with van der Waals surface area (Å²) in [4.78, 5) is 27.4. The molecule has 1 aliphatic carbocycles. The maximum atomic E-state index is 11.0. The summed E-state index contributed by atoms with van der Waals surface area (Å²) in [6, 6.07) is 7.90. The highest BCUT2D eigenvalue weighted by Crippen LogP contribution is 2.44. The Morgan fingerprint density at radius 1 is 1.10 bits per heavy atom. The summed E-state index contributed by atoms with van der Waals surface area (Å²) in [6.45, 7) is 7.35. The lowest BCUT2D eigenvalue weighted by molar-refractivity contribution is -0.111. The van der Waals surface area contributed by atoms with Crippen LogP contribution >= 0.6 is 0 Å². The zero-order valence-electron chi connectivity index (χ0n) is 22.2. The number of pyridine rings is 2. The largest absolute Gasteiger partial charge is 0.386 e. The van der Waals surface area contributed by atoms with E-state index in [1.807, 2.05) is 24.4 Å². The maximum Gasteiger partial charge on any atom is 0.207 e. The first-order valence-electron chi connectivity index (χ1n) is 13.1. The maximum absolute atomic E-state index is 11.0. The molecule has 3 atom stereocenters. The molecule has 5 heterocycles. The third-order valence-electron chi connectivity index (χ3n) is 8.15. The van der Waals surface area contributed by atoms with Gasteiger partial charge in [-0.1, -0.05) is 6.07 Å². The van der Waals surface area contributed by atoms with Crippen molar-refractivity contribution >= 4 is 17.7 Å². The number of hydrogen-bond acceptors (Lipinski definition) is 8. The van der Waals surface area contributed by atoms with Gasteiger partial charge >= 0.3 is 0 Å². The van der Waals surface area contributed by atoms with Crippen molar-refractivity contribution in [3.63, 3.8) is 0 Å². The molecule has 10 nitrogen and oxygen atoms in total. The highest BCUT2D eigenvalue weighted by atomic mass is 16.3. The standard InChI is InChI=1S/C29H30N8O2/c1-28(2,39)22-4-5-24(31-11-22)18-6-23(27-21(9-30)10-35-37(27)16-18)25-12-33-26(13-32-25)36-14-19-7-29(3,34-17-38)8-20(19)15-36/h4-6,10-13,16-17,19-20,39H,7-8,14-15H2,1-3H3,(H,34,38)/t19-,20+,29?. The molecule has 6 rings (SSSR count). The molecule has 1 saturated carbocycles.